The highest BCUT2D eigenvalue weighted by atomic mass is 19.3. The Morgan fingerprint density at radius 3 is 2.56 bits per heavy atom. The lowest BCUT2D eigenvalue weighted by Gasteiger charge is -2.22. The van der Waals surface area contributed by atoms with E-state index in [4.69, 9.17) is 5.73 Å². The molecule has 3 nitrogen and oxygen atoms in total. The first-order valence-corrected chi connectivity index (χ1v) is 5.12. The van der Waals surface area contributed by atoms with E-state index >= 15 is 0 Å². The fourth-order valence-electron chi connectivity index (χ4n) is 1.71. The molecule has 5 heteroatoms. The maximum atomic E-state index is 12.3. The molecule has 0 radical (unpaired) electrons. The van der Waals surface area contributed by atoms with E-state index < -0.39 is 6.43 Å². The maximum Gasteiger partial charge on any atom is 0.255 e. The van der Waals surface area contributed by atoms with Gasteiger partial charge in [-0.15, -0.1) is 0 Å². The molecule has 1 aromatic heterocycles. The number of nitrogens with two attached hydrogens (primary N) is 1. The van der Waals surface area contributed by atoms with E-state index in [1.54, 1.807) is 7.05 Å². The third kappa shape index (κ3) is 2.88. The van der Waals surface area contributed by atoms with Crippen LogP contribution in [0.25, 0.3) is 0 Å². The summed E-state index contributed by atoms with van der Waals surface area (Å²) in [6.45, 7) is 3.73. The molecule has 0 saturated heterocycles. The number of halogens is 2. The number of alkyl halides is 2. The highest BCUT2D eigenvalue weighted by Gasteiger charge is 2.15. The number of hydrogen-bond donors (Lipinski definition) is 1. The molecule has 1 aromatic rings. The number of aromatic nitrogens is 1. The molecule has 1 heterocycles. The fourth-order valence-corrected chi connectivity index (χ4v) is 1.71. The summed E-state index contributed by atoms with van der Waals surface area (Å²) in [4.78, 5) is 5.72. The Hall–Kier alpha value is -1.23. The molecule has 0 aromatic carbocycles. The first kappa shape index (κ1) is 12.8. The minimum Gasteiger partial charge on any atom is -0.354 e. The standard InChI is InChI=1S/C11H17F2N3/c1-7-4-8(2)15-11(9(7)5-14)16(3)6-10(12)13/h4,10H,5-6,14H2,1-3H3. The van der Waals surface area contributed by atoms with Crippen LogP contribution in [0.2, 0.25) is 0 Å². The second-order valence-corrected chi connectivity index (χ2v) is 3.86. The largest absolute Gasteiger partial charge is 0.354 e. The van der Waals surface area contributed by atoms with Crippen molar-refractivity contribution in [1.82, 2.24) is 4.98 Å². The molecule has 0 saturated carbocycles. The van der Waals surface area contributed by atoms with E-state index in [1.165, 1.54) is 4.90 Å². The molecule has 0 spiro atoms. The number of rotatable bonds is 4. The summed E-state index contributed by atoms with van der Waals surface area (Å²) >= 11 is 0. The van der Waals surface area contributed by atoms with E-state index in [0.717, 1.165) is 16.8 Å². The molecule has 2 N–H and O–H groups in total. The van der Waals surface area contributed by atoms with Crippen molar-refractivity contribution >= 4 is 5.82 Å². The smallest absolute Gasteiger partial charge is 0.255 e. The lowest BCUT2D eigenvalue weighted by molar-refractivity contribution is 0.156. The zero-order chi connectivity index (χ0) is 12.3. The molecular formula is C11H17F2N3. The minimum absolute atomic E-state index is 0.308. The lowest BCUT2D eigenvalue weighted by atomic mass is 10.1. The van der Waals surface area contributed by atoms with Gasteiger partial charge in [0.15, 0.2) is 0 Å². The van der Waals surface area contributed by atoms with Crippen LogP contribution in [0.5, 0.6) is 0 Å². The van der Waals surface area contributed by atoms with Crippen LogP contribution in [0.15, 0.2) is 6.07 Å². The molecule has 0 amide bonds. The van der Waals surface area contributed by atoms with Crippen LogP contribution in [-0.2, 0) is 6.54 Å². The van der Waals surface area contributed by atoms with Crippen LogP contribution in [0.1, 0.15) is 16.8 Å². The van der Waals surface area contributed by atoms with Gasteiger partial charge in [-0.3, -0.25) is 0 Å². The topological polar surface area (TPSA) is 42.1 Å². The van der Waals surface area contributed by atoms with Crippen molar-refractivity contribution in [3.05, 3.63) is 22.9 Å². The summed E-state index contributed by atoms with van der Waals surface area (Å²) in [6.07, 6.45) is -2.38. The van der Waals surface area contributed by atoms with Crippen LogP contribution >= 0.6 is 0 Å². The van der Waals surface area contributed by atoms with Crippen LogP contribution in [0.3, 0.4) is 0 Å². The zero-order valence-corrected chi connectivity index (χ0v) is 9.80. The summed E-state index contributed by atoms with van der Waals surface area (Å²) in [5.41, 5.74) is 8.25. The van der Waals surface area contributed by atoms with Gasteiger partial charge < -0.3 is 10.6 Å². The molecule has 0 aliphatic heterocycles. The number of anilines is 1. The molecule has 0 fully saturated rings. The summed E-state index contributed by atoms with van der Waals surface area (Å²) in [5.74, 6) is 0.556. The third-order valence-electron chi connectivity index (χ3n) is 2.43. The first-order chi connectivity index (χ1) is 7.45. The van der Waals surface area contributed by atoms with E-state index in [9.17, 15) is 8.78 Å². The monoisotopic (exact) mass is 229 g/mol. The number of pyridine rings is 1. The second-order valence-electron chi connectivity index (χ2n) is 3.86. The van der Waals surface area contributed by atoms with Gasteiger partial charge in [-0.25, -0.2) is 13.8 Å². The van der Waals surface area contributed by atoms with Gasteiger partial charge >= 0.3 is 0 Å². The number of hydrogen-bond acceptors (Lipinski definition) is 3. The van der Waals surface area contributed by atoms with Crippen LogP contribution in [-0.4, -0.2) is 25.0 Å². The quantitative estimate of drug-likeness (QED) is 0.856. The summed E-state index contributed by atoms with van der Waals surface area (Å²) < 4.78 is 24.6. The summed E-state index contributed by atoms with van der Waals surface area (Å²) in [5, 5.41) is 0. The average Bonchev–Trinajstić information content (AvgIpc) is 2.15. The minimum atomic E-state index is -2.38. The van der Waals surface area contributed by atoms with Crippen LogP contribution in [0.4, 0.5) is 14.6 Å². The normalized spacial score (nSPS) is 10.9. The van der Waals surface area contributed by atoms with Crippen molar-refractivity contribution in [2.75, 3.05) is 18.5 Å². The van der Waals surface area contributed by atoms with E-state index in [2.05, 4.69) is 4.98 Å². The van der Waals surface area contributed by atoms with Gasteiger partial charge in [-0.1, -0.05) is 0 Å². The van der Waals surface area contributed by atoms with Crippen molar-refractivity contribution in [2.45, 2.75) is 26.8 Å². The number of aryl methyl sites for hydroxylation is 2. The van der Waals surface area contributed by atoms with Gasteiger partial charge in [-0.2, -0.15) is 0 Å². The Kier molecular flexibility index (Phi) is 4.18. The highest BCUT2D eigenvalue weighted by molar-refractivity contribution is 5.51. The summed E-state index contributed by atoms with van der Waals surface area (Å²) in [6, 6.07) is 1.90. The maximum absolute atomic E-state index is 12.3. The zero-order valence-electron chi connectivity index (χ0n) is 9.80. The van der Waals surface area contributed by atoms with E-state index in [1.807, 2.05) is 19.9 Å². The third-order valence-corrected chi connectivity index (χ3v) is 2.43. The van der Waals surface area contributed by atoms with Crippen molar-refractivity contribution in [3.63, 3.8) is 0 Å². The van der Waals surface area contributed by atoms with Crippen LogP contribution in [0, 0.1) is 13.8 Å². The predicted molar refractivity (Wildman–Crippen MR) is 60.9 cm³/mol. The molecule has 16 heavy (non-hydrogen) atoms. The summed E-state index contributed by atoms with van der Waals surface area (Å²) in [7, 11) is 1.60. The van der Waals surface area contributed by atoms with Crippen molar-refractivity contribution in [2.24, 2.45) is 5.73 Å². The Labute approximate surface area is 94.3 Å². The molecule has 0 aliphatic rings. The van der Waals surface area contributed by atoms with E-state index in [0.29, 0.717) is 12.4 Å². The Balaban J connectivity index is 3.10. The predicted octanol–water partition coefficient (Wildman–Crippen LogP) is 1.86. The molecule has 0 bridgehead atoms. The van der Waals surface area contributed by atoms with Gasteiger partial charge in [-0.05, 0) is 25.5 Å². The van der Waals surface area contributed by atoms with Gasteiger partial charge in [0, 0.05) is 24.8 Å². The molecule has 1 rings (SSSR count). The Bertz CT molecular complexity index is 366. The average molecular weight is 229 g/mol. The van der Waals surface area contributed by atoms with Crippen molar-refractivity contribution in [1.29, 1.82) is 0 Å². The SMILES string of the molecule is Cc1cc(C)c(CN)c(N(C)CC(F)F)n1. The van der Waals surface area contributed by atoms with Gasteiger partial charge in [0.05, 0.1) is 6.54 Å². The molecule has 90 valence electrons. The van der Waals surface area contributed by atoms with Crippen LogP contribution < -0.4 is 10.6 Å². The fraction of sp³-hybridized carbons (Fsp3) is 0.545. The lowest BCUT2D eigenvalue weighted by Crippen LogP contribution is -2.27. The van der Waals surface area contributed by atoms with Crippen molar-refractivity contribution in [3.8, 4) is 0 Å². The molecular weight excluding hydrogens is 212 g/mol. The Morgan fingerprint density at radius 2 is 2.06 bits per heavy atom. The second kappa shape index (κ2) is 5.21. The van der Waals surface area contributed by atoms with E-state index in [-0.39, 0.29) is 6.54 Å². The molecule has 0 unspecified atom stereocenters. The highest BCUT2D eigenvalue weighted by Crippen LogP contribution is 2.21. The Morgan fingerprint density at radius 1 is 1.44 bits per heavy atom. The van der Waals surface area contributed by atoms with Gasteiger partial charge in [0.2, 0.25) is 0 Å². The van der Waals surface area contributed by atoms with Crippen molar-refractivity contribution < 1.29 is 8.78 Å². The molecule has 0 aliphatic carbocycles. The molecule has 0 atom stereocenters. The van der Waals surface area contributed by atoms with Gasteiger partial charge in [0.25, 0.3) is 6.43 Å². The van der Waals surface area contributed by atoms with Gasteiger partial charge in [0.1, 0.15) is 5.82 Å². The number of nitrogens with zero attached hydrogens (tertiary/aromatic N) is 2. The first-order valence-electron chi connectivity index (χ1n) is 5.12.